The molecule has 0 saturated heterocycles. The number of nitrogens with zero attached hydrogens (tertiary/aromatic N) is 2. The molecule has 1 aliphatic carbocycles. The minimum Gasteiger partial charge on any atom is -0.378 e. The van der Waals surface area contributed by atoms with Crippen LogP contribution in [0.5, 0.6) is 0 Å². The lowest BCUT2D eigenvalue weighted by Crippen LogP contribution is -2.39. The van der Waals surface area contributed by atoms with Crippen molar-refractivity contribution in [3.05, 3.63) is 35.3 Å². The highest BCUT2D eigenvalue weighted by Crippen LogP contribution is 2.23. The van der Waals surface area contributed by atoms with E-state index in [2.05, 4.69) is 32.2 Å². The lowest BCUT2D eigenvalue weighted by molar-refractivity contribution is 0.0209. The summed E-state index contributed by atoms with van der Waals surface area (Å²) in [7, 11) is 1.68. The highest BCUT2D eigenvalue weighted by molar-refractivity contribution is 6.00. The Kier molecular flexibility index (Phi) is 7.67. The molecule has 1 N–H and O–H groups in total. The molecule has 2 aromatic heterocycles. The van der Waals surface area contributed by atoms with E-state index in [0.717, 1.165) is 56.5 Å². The molecular formula is C23H35N3O3. The number of ether oxygens (including phenoxy) is 2. The summed E-state index contributed by atoms with van der Waals surface area (Å²) in [5, 5.41) is 3.22. The molecule has 6 heteroatoms. The van der Waals surface area contributed by atoms with Crippen LogP contribution in [0.3, 0.4) is 0 Å². The Morgan fingerprint density at radius 2 is 2.07 bits per heavy atom. The second-order valence-electron chi connectivity index (χ2n) is 8.35. The van der Waals surface area contributed by atoms with Crippen LogP contribution in [0, 0.1) is 0 Å². The van der Waals surface area contributed by atoms with Crippen LogP contribution < -0.4 is 5.32 Å². The van der Waals surface area contributed by atoms with Crippen molar-refractivity contribution in [3.63, 3.8) is 0 Å². The molecule has 0 radical (unpaired) electrons. The van der Waals surface area contributed by atoms with Gasteiger partial charge in [-0.3, -0.25) is 4.79 Å². The van der Waals surface area contributed by atoms with Crippen LogP contribution in [-0.2, 0) is 16.1 Å². The molecule has 1 aliphatic rings. The first kappa shape index (κ1) is 21.8. The summed E-state index contributed by atoms with van der Waals surface area (Å²) in [6.45, 7) is 7.73. The van der Waals surface area contributed by atoms with Gasteiger partial charge in [0.05, 0.1) is 24.0 Å². The van der Waals surface area contributed by atoms with Gasteiger partial charge in [-0.15, -0.1) is 0 Å². The van der Waals surface area contributed by atoms with Crippen molar-refractivity contribution in [2.75, 3.05) is 13.7 Å². The van der Waals surface area contributed by atoms with Gasteiger partial charge in [0.1, 0.15) is 5.65 Å². The van der Waals surface area contributed by atoms with Crippen LogP contribution in [0.4, 0.5) is 0 Å². The summed E-state index contributed by atoms with van der Waals surface area (Å²) in [5.41, 5.74) is 3.32. The van der Waals surface area contributed by atoms with Crippen molar-refractivity contribution in [3.8, 4) is 0 Å². The fourth-order valence-corrected chi connectivity index (χ4v) is 3.93. The van der Waals surface area contributed by atoms with E-state index in [0.29, 0.717) is 23.9 Å². The van der Waals surface area contributed by atoms with Gasteiger partial charge in [-0.25, -0.2) is 4.98 Å². The third-order valence-corrected chi connectivity index (χ3v) is 5.71. The predicted octanol–water partition coefficient (Wildman–Crippen LogP) is 4.46. The van der Waals surface area contributed by atoms with Gasteiger partial charge < -0.3 is 19.2 Å². The number of carbonyl (C=O) groups excluding carboxylic acids is 1. The predicted molar refractivity (Wildman–Crippen MR) is 114 cm³/mol. The van der Waals surface area contributed by atoms with Gasteiger partial charge in [0.2, 0.25) is 0 Å². The first-order valence-corrected chi connectivity index (χ1v) is 11.0. The molecule has 1 amide bonds. The summed E-state index contributed by atoms with van der Waals surface area (Å²) in [6, 6.07) is 4.12. The van der Waals surface area contributed by atoms with Gasteiger partial charge in [0.15, 0.2) is 0 Å². The molecule has 0 bridgehead atoms. The first-order chi connectivity index (χ1) is 14.0. The Labute approximate surface area is 174 Å². The second-order valence-corrected chi connectivity index (χ2v) is 8.35. The van der Waals surface area contributed by atoms with E-state index in [1.165, 1.54) is 0 Å². The largest absolute Gasteiger partial charge is 0.378 e. The number of fused-ring (bicyclic) bond motifs is 1. The van der Waals surface area contributed by atoms with Crippen molar-refractivity contribution in [1.29, 1.82) is 0 Å². The van der Waals surface area contributed by atoms with E-state index in [9.17, 15) is 4.79 Å². The Morgan fingerprint density at radius 3 is 2.72 bits per heavy atom. The average molecular weight is 402 g/mol. The van der Waals surface area contributed by atoms with E-state index in [1.54, 1.807) is 7.11 Å². The van der Waals surface area contributed by atoms with E-state index in [-0.39, 0.29) is 17.9 Å². The van der Waals surface area contributed by atoms with Gasteiger partial charge in [0, 0.05) is 31.6 Å². The van der Waals surface area contributed by atoms with Crippen LogP contribution in [0.1, 0.15) is 87.0 Å². The van der Waals surface area contributed by atoms with Crippen molar-refractivity contribution in [2.24, 2.45) is 0 Å². The van der Waals surface area contributed by atoms with Crippen LogP contribution in [0.2, 0.25) is 0 Å². The molecule has 6 nitrogen and oxygen atoms in total. The van der Waals surface area contributed by atoms with Crippen molar-refractivity contribution >= 4 is 11.6 Å². The number of hydrogen-bond donors (Lipinski definition) is 1. The number of amides is 1. The highest BCUT2D eigenvalue weighted by atomic mass is 16.5. The minimum absolute atomic E-state index is 0.0420. The zero-order chi connectivity index (χ0) is 20.8. The smallest absolute Gasteiger partial charge is 0.255 e. The van der Waals surface area contributed by atoms with Crippen LogP contribution in [0.25, 0.3) is 5.65 Å². The third kappa shape index (κ3) is 5.37. The van der Waals surface area contributed by atoms with Gasteiger partial charge >= 0.3 is 0 Å². The lowest BCUT2D eigenvalue weighted by atomic mass is 9.92. The average Bonchev–Trinajstić information content (AvgIpc) is 3.14. The van der Waals surface area contributed by atoms with Crippen molar-refractivity contribution < 1.29 is 14.3 Å². The maximum absolute atomic E-state index is 13.0. The number of aromatic nitrogens is 2. The molecule has 1 saturated carbocycles. The van der Waals surface area contributed by atoms with Gasteiger partial charge in [-0.2, -0.15) is 0 Å². The molecule has 0 atom stereocenters. The molecule has 160 valence electrons. The van der Waals surface area contributed by atoms with Gasteiger partial charge in [0.25, 0.3) is 5.91 Å². The molecule has 3 rings (SSSR count). The number of unbranched alkanes of at least 4 members (excludes halogenated alkanes) is 1. The normalized spacial score (nSPS) is 19.8. The summed E-state index contributed by atoms with van der Waals surface area (Å²) in [5.74, 6) is 0.240. The van der Waals surface area contributed by atoms with Gasteiger partial charge in [-0.1, -0.05) is 27.2 Å². The quantitative estimate of drug-likeness (QED) is 0.630. The van der Waals surface area contributed by atoms with Crippen LogP contribution in [0.15, 0.2) is 18.3 Å². The number of methoxy groups -OCH3 is 1. The number of hydrogen-bond acceptors (Lipinski definition) is 4. The standard InChI is InChI=1S/C23H35N3O3/c1-5-6-13-29-19-9-7-17(8-10-19)24-23(27)20-11-12-26-18(15-28-4)14-21(16(2)3)25-22(20)26/h11-12,14,16-17,19H,5-10,13,15H2,1-4H3,(H,24,27)/t17-,19-. The van der Waals surface area contributed by atoms with E-state index >= 15 is 0 Å². The first-order valence-electron chi connectivity index (χ1n) is 11.0. The van der Waals surface area contributed by atoms with Crippen LogP contribution >= 0.6 is 0 Å². The summed E-state index contributed by atoms with van der Waals surface area (Å²) >= 11 is 0. The number of nitrogens with one attached hydrogen (secondary N) is 1. The number of carbonyl (C=O) groups is 1. The maximum atomic E-state index is 13.0. The molecule has 2 aromatic rings. The Bertz CT molecular complexity index is 807. The molecule has 0 aromatic carbocycles. The van der Waals surface area contributed by atoms with Crippen molar-refractivity contribution in [1.82, 2.24) is 14.7 Å². The third-order valence-electron chi connectivity index (χ3n) is 5.71. The topological polar surface area (TPSA) is 64.9 Å². The Balaban J connectivity index is 1.68. The number of rotatable bonds is 9. The molecule has 0 aliphatic heterocycles. The molecule has 29 heavy (non-hydrogen) atoms. The Morgan fingerprint density at radius 1 is 1.31 bits per heavy atom. The second kappa shape index (κ2) is 10.2. The van der Waals surface area contributed by atoms with E-state index < -0.39 is 0 Å². The summed E-state index contributed by atoms with van der Waals surface area (Å²) in [4.78, 5) is 17.8. The molecule has 0 spiro atoms. The van der Waals surface area contributed by atoms with Crippen molar-refractivity contribution in [2.45, 2.75) is 84.0 Å². The monoisotopic (exact) mass is 401 g/mol. The van der Waals surface area contributed by atoms with Gasteiger partial charge in [-0.05, 0) is 50.2 Å². The highest BCUT2D eigenvalue weighted by Gasteiger charge is 2.24. The maximum Gasteiger partial charge on any atom is 0.255 e. The fraction of sp³-hybridized carbons (Fsp3) is 0.652. The zero-order valence-electron chi connectivity index (χ0n) is 18.2. The molecular weight excluding hydrogens is 366 g/mol. The minimum atomic E-state index is -0.0420. The Hall–Kier alpha value is -1.92. The van der Waals surface area contributed by atoms with E-state index in [4.69, 9.17) is 14.5 Å². The molecule has 2 heterocycles. The molecule has 0 unspecified atom stereocenters. The fourth-order valence-electron chi connectivity index (χ4n) is 3.93. The molecule has 1 fully saturated rings. The zero-order valence-corrected chi connectivity index (χ0v) is 18.2. The SMILES string of the molecule is CCCCO[C@H]1CC[C@H](NC(=O)c2ccn3c(COC)cc(C(C)C)nc23)CC1. The van der Waals surface area contributed by atoms with E-state index in [1.807, 2.05) is 16.7 Å². The van der Waals surface area contributed by atoms with Crippen LogP contribution in [-0.4, -0.2) is 41.2 Å². The summed E-state index contributed by atoms with van der Waals surface area (Å²) in [6.07, 6.45) is 8.50. The summed E-state index contributed by atoms with van der Waals surface area (Å²) < 4.78 is 13.2. The lowest BCUT2D eigenvalue weighted by Gasteiger charge is -2.29.